The molecule has 0 fully saturated rings. The number of fused-ring (bicyclic) bond motifs is 3. The van der Waals surface area contributed by atoms with Crippen molar-refractivity contribution in [3.05, 3.63) is 125 Å². The van der Waals surface area contributed by atoms with Crippen LogP contribution in [0, 0.1) is 0 Å². The molecule has 0 aliphatic heterocycles. The summed E-state index contributed by atoms with van der Waals surface area (Å²) < 4.78 is 0. The standard InChI is InChI=1S/C29H27N/c1-3-30(4-2)24-19-20-26-25-17-11-12-18-27(25)29(28(26)21-24,22-13-7-5-8-14-22)23-15-9-6-10-16-23/h5-21H,3-4H2,1-2H3. The van der Waals surface area contributed by atoms with E-state index in [1.165, 1.54) is 39.1 Å². The minimum atomic E-state index is -0.308. The predicted octanol–water partition coefficient (Wildman–Crippen LogP) is 6.90. The Kier molecular flexibility index (Phi) is 4.67. The highest BCUT2D eigenvalue weighted by molar-refractivity contribution is 5.87. The van der Waals surface area contributed by atoms with Crippen LogP contribution in [0.15, 0.2) is 103 Å². The van der Waals surface area contributed by atoms with Crippen molar-refractivity contribution in [2.24, 2.45) is 0 Å². The zero-order valence-electron chi connectivity index (χ0n) is 17.7. The summed E-state index contributed by atoms with van der Waals surface area (Å²) in [5, 5.41) is 0. The number of rotatable bonds is 5. The van der Waals surface area contributed by atoms with Gasteiger partial charge in [-0.2, -0.15) is 0 Å². The highest BCUT2D eigenvalue weighted by Crippen LogP contribution is 2.56. The summed E-state index contributed by atoms with van der Waals surface area (Å²) in [6.07, 6.45) is 0. The first-order valence-electron chi connectivity index (χ1n) is 10.9. The minimum Gasteiger partial charge on any atom is -0.372 e. The molecular formula is C29H27N. The van der Waals surface area contributed by atoms with Gasteiger partial charge in [0, 0.05) is 18.8 Å². The highest BCUT2D eigenvalue weighted by atomic mass is 15.1. The van der Waals surface area contributed by atoms with Crippen molar-refractivity contribution < 1.29 is 0 Å². The van der Waals surface area contributed by atoms with E-state index in [1.807, 2.05) is 0 Å². The van der Waals surface area contributed by atoms with Crippen LogP contribution in [0.5, 0.6) is 0 Å². The van der Waals surface area contributed by atoms with Crippen molar-refractivity contribution in [1.82, 2.24) is 0 Å². The third-order valence-corrected chi connectivity index (χ3v) is 6.57. The van der Waals surface area contributed by atoms with Crippen LogP contribution in [-0.4, -0.2) is 13.1 Å². The second-order valence-electron chi connectivity index (χ2n) is 7.93. The van der Waals surface area contributed by atoms with Crippen LogP contribution in [-0.2, 0) is 5.41 Å². The Morgan fingerprint density at radius 3 is 1.70 bits per heavy atom. The van der Waals surface area contributed by atoms with Gasteiger partial charge in [0.1, 0.15) is 0 Å². The molecule has 0 unspecified atom stereocenters. The first kappa shape index (κ1) is 18.7. The lowest BCUT2D eigenvalue weighted by Crippen LogP contribution is -2.29. The lowest BCUT2D eigenvalue weighted by molar-refractivity contribution is 0.766. The Labute approximate surface area is 179 Å². The molecule has 30 heavy (non-hydrogen) atoms. The smallest absolute Gasteiger partial charge is 0.0714 e. The number of nitrogens with zero attached hydrogens (tertiary/aromatic N) is 1. The molecular weight excluding hydrogens is 362 g/mol. The maximum atomic E-state index is 2.43. The zero-order valence-corrected chi connectivity index (χ0v) is 17.7. The van der Waals surface area contributed by atoms with Gasteiger partial charge in [-0.05, 0) is 59.4 Å². The molecule has 4 aromatic rings. The van der Waals surface area contributed by atoms with E-state index in [0.29, 0.717) is 0 Å². The monoisotopic (exact) mass is 389 g/mol. The lowest BCUT2D eigenvalue weighted by Gasteiger charge is -2.34. The van der Waals surface area contributed by atoms with Crippen molar-refractivity contribution in [1.29, 1.82) is 0 Å². The van der Waals surface area contributed by atoms with E-state index in [-0.39, 0.29) is 5.41 Å². The van der Waals surface area contributed by atoms with E-state index in [4.69, 9.17) is 0 Å². The van der Waals surface area contributed by atoms with Gasteiger partial charge in [-0.15, -0.1) is 0 Å². The Bertz CT molecular complexity index is 1120. The molecule has 5 rings (SSSR count). The van der Waals surface area contributed by atoms with Crippen LogP contribution >= 0.6 is 0 Å². The van der Waals surface area contributed by atoms with Crippen LogP contribution in [0.4, 0.5) is 5.69 Å². The van der Waals surface area contributed by atoms with Gasteiger partial charge >= 0.3 is 0 Å². The lowest BCUT2D eigenvalue weighted by atomic mass is 9.67. The van der Waals surface area contributed by atoms with Crippen molar-refractivity contribution in [3.63, 3.8) is 0 Å². The topological polar surface area (TPSA) is 3.24 Å². The zero-order chi connectivity index (χ0) is 20.6. The summed E-state index contributed by atoms with van der Waals surface area (Å²) in [6, 6.07) is 38.0. The largest absolute Gasteiger partial charge is 0.372 e. The van der Waals surface area contributed by atoms with E-state index in [1.54, 1.807) is 0 Å². The van der Waals surface area contributed by atoms with E-state index in [9.17, 15) is 0 Å². The molecule has 1 nitrogen and oxygen atoms in total. The van der Waals surface area contributed by atoms with Crippen LogP contribution in [0.25, 0.3) is 11.1 Å². The van der Waals surface area contributed by atoms with Gasteiger partial charge in [-0.3, -0.25) is 0 Å². The van der Waals surface area contributed by atoms with Crippen molar-refractivity contribution >= 4 is 5.69 Å². The molecule has 0 radical (unpaired) electrons. The highest BCUT2D eigenvalue weighted by Gasteiger charge is 2.46. The van der Waals surface area contributed by atoms with Crippen LogP contribution in [0.2, 0.25) is 0 Å². The first-order valence-corrected chi connectivity index (χ1v) is 10.9. The van der Waals surface area contributed by atoms with Crippen LogP contribution in [0.3, 0.4) is 0 Å². The average Bonchev–Trinajstić information content (AvgIpc) is 3.12. The summed E-state index contributed by atoms with van der Waals surface area (Å²) in [4.78, 5) is 2.43. The van der Waals surface area contributed by atoms with Crippen LogP contribution in [0.1, 0.15) is 36.1 Å². The predicted molar refractivity (Wildman–Crippen MR) is 127 cm³/mol. The van der Waals surface area contributed by atoms with E-state index >= 15 is 0 Å². The molecule has 0 atom stereocenters. The molecule has 1 heteroatoms. The maximum absolute atomic E-state index is 2.43. The second kappa shape index (κ2) is 7.50. The summed E-state index contributed by atoms with van der Waals surface area (Å²) >= 11 is 0. The quantitative estimate of drug-likeness (QED) is 0.316. The summed E-state index contributed by atoms with van der Waals surface area (Å²) in [5.41, 5.74) is 9.05. The van der Waals surface area contributed by atoms with E-state index in [0.717, 1.165) is 13.1 Å². The van der Waals surface area contributed by atoms with Gasteiger partial charge in [0.25, 0.3) is 0 Å². The first-order chi connectivity index (χ1) is 14.8. The molecule has 0 bridgehead atoms. The van der Waals surface area contributed by atoms with Gasteiger partial charge in [0.05, 0.1) is 5.41 Å². The van der Waals surface area contributed by atoms with Gasteiger partial charge < -0.3 is 4.90 Å². The van der Waals surface area contributed by atoms with E-state index in [2.05, 4.69) is 122 Å². The Hall–Kier alpha value is -3.32. The van der Waals surface area contributed by atoms with Gasteiger partial charge in [-0.25, -0.2) is 0 Å². The summed E-state index contributed by atoms with van der Waals surface area (Å²) in [6.45, 7) is 6.47. The number of hydrogen-bond acceptors (Lipinski definition) is 1. The van der Waals surface area contributed by atoms with Crippen molar-refractivity contribution in [3.8, 4) is 11.1 Å². The van der Waals surface area contributed by atoms with Gasteiger partial charge in [0.15, 0.2) is 0 Å². The van der Waals surface area contributed by atoms with Gasteiger partial charge in [0.2, 0.25) is 0 Å². The second-order valence-corrected chi connectivity index (χ2v) is 7.93. The van der Waals surface area contributed by atoms with E-state index < -0.39 is 0 Å². The third-order valence-electron chi connectivity index (χ3n) is 6.57. The molecule has 0 heterocycles. The Morgan fingerprint density at radius 2 is 1.10 bits per heavy atom. The fraction of sp³-hybridized carbons (Fsp3) is 0.172. The number of benzene rings is 4. The summed E-state index contributed by atoms with van der Waals surface area (Å²) in [7, 11) is 0. The third kappa shape index (κ3) is 2.62. The Balaban J connectivity index is 1.91. The average molecular weight is 390 g/mol. The van der Waals surface area contributed by atoms with Crippen molar-refractivity contribution in [2.45, 2.75) is 19.3 Å². The Morgan fingerprint density at radius 1 is 0.567 bits per heavy atom. The molecule has 0 amide bonds. The molecule has 148 valence electrons. The molecule has 0 saturated carbocycles. The molecule has 0 aromatic heterocycles. The summed E-state index contributed by atoms with van der Waals surface area (Å²) in [5.74, 6) is 0. The molecule has 1 aliphatic rings. The normalized spacial score (nSPS) is 13.5. The van der Waals surface area contributed by atoms with Gasteiger partial charge in [-0.1, -0.05) is 91.0 Å². The molecule has 0 spiro atoms. The SMILES string of the molecule is CCN(CC)c1ccc2c(c1)C(c1ccccc1)(c1ccccc1)c1ccccc1-2. The number of hydrogen-bond donors (Lipinski definition) is 0. The molecule has 1 aliphatic carbocycles. The van der Waals surface area contributed by atoms with Crippen LogP contribution < -0.4 is 4.90 Å². The fourth-order valence-corrected chi connectivity index (χ4v) is 5.22. The number of anilines is 1. The van der Waals surface area contributed by atoms with Crippen molar-refractivity contribution in [2.75, 3.05) is 18.0 Å². The maximum Gasteiger partial charge on any atom is 0.0714 e. The fourth-order valence-electron chi connectivity index (χ4n) is 5.22. The molecule has 0 N–H and O–H groups in total. The minimum absolute atomic E-state index is 0.308. The molecule has 0 saturated heterocycles. The molecule has 4 aromatic carbocycles.